The fourth-order valence-electron chi connectivity index (χ4n) is 1.04. The van der Waals surface area contributed by atoms with Crippen molar-refractivity contribution in [2.75, 3.05) is 5.73 Å². The maximum absolute atomic E-state index is 5.52. The van der Waals surface area contributed by atoms with Crippen molar-refractivity contribution in [1.29, 1.82) is 0 Å². The monoisotopic (exact) mass is 175 g/mol. The molecule has 2 heterocycles. The summed E-state index contributed by atoms with van der Waals surface area (Å²) in [6.07, 6.45) is 3.31. The van der Waals surface area contributed by atoms with Crippen molar-refractivity contribution in [3.05, 3.63) is 30.2 Å². The molecule has 0 aromatic carbocycles. The van der Waals surface area contributed by atoms with Gasteiger partial charge in [0.1, 0.15) is 5.82 Å². The van der Waals surface area contributed by atoms with Crippen LogP contribution in [0.15, 0.2) is 24.5 Å². The molecule has 2 rings (SSSR count). The third-order valence-electron chi connectivity index (χ3n) is 1.69. The molecule has 0 aliphatic carbocycles. The molecule has 0 aliphatic rings. The molecule has 0 amide bonds. The number of hydrogen-bond acceptors (Lipinski definition) is 4. The second kappa shape index (κ2) is 2.85. The third kappa shape index (κ3) is 1.35. The van der Waals surface area contributed by atoms with Crippen molar-refractivity contribution in [3.8, 4) is 5.95 Å². The first kappa shape index (κ1) is 7.72. The van der Waals surface area contributed by atoms with Crippen molar-refractivity contribution < 1.29 is 0 Å². The van der Waals surface area contributed by atoms with Crippen molar-refractivity contribution in [3.63, 3.8) is 0 Å². The number of anilines is 1. The first-order valence-corrected chi connectivity index (χ1v) is 3.87. The Morgan fingerprint density at radius 3 is 2.77 bits per heavy atom. The molecule has 0 saturated heterocycles. The molecular weight excluding hydrogens is 166 g/mol. The molecule has 5 nitrogen and oxygen atoms in total. The average molecular weight is 175 g/mol. The van der Waals surface area contributed by atoms with Crippen LogP contribution < -0.4 is 5.73 Å². The van der Waals surface area contributed by atoms with Gasteiger partial charge in [-0.2, -0.15) is 10.1 Å². The Kier molecular flexibility index (Phi) is 1.70. The summed E-state index contributed by atoms with van der Waals surface area (Å²) in [4.78, 5) is 8.10. The van der Waals surface area contributed by atoms with Crippen molar-refractivity contribution in [2.24, 2.45) is 0 Å². The van der Waals surface area contributed by atoms with E-state index in [1.54, 1.807) is 23.1 Å². The number of nitrogens with two attached hydrogens (primary N) is 1. The Bertz CT molecular complexity index is 420. The van der Waals surface area contributed by atoms with Gasteiger partial charge in [-0.05, 0) is 19.1 Å². The van der Waals surface area contributed by atoms with Gasteiger partial charge in [0, 0.05) is 18.1 Å². The van der Waals surface area contributed by atoms with Gasteiger partial charge in [0.15, 0.2) is 0 Å². The molecule has 66 valence electrons. The molecule has 0 fully saturated rings. The van der Waals surface area contributed by atoms with Crippen LogP contribution >= 0.6 is 0 Å². The summed E-state index contributed by atoms with van der Waals surface area (Å²) in [6, 6.07) is 3.52. The minimum Gasteiger partial charge on any atom is -0.384 e. The first-order valence-electron chi connectivity index (χ1n) is 3.87. The zero-order valence-electron chi connectivity index (χ0n) is 7.18. The molecule has 0 atom stereocenters. The SMILES string of the molecule is Cc1ccnn1-c1nccc(N)n1. The lowest BCUT2D eigenvalue weighted by atomic mass is 10.5. The Morgan fingerprint density at radius 2 is 2.15 bits per heavy atom. The second-order valence-electron chi connectivity index (χ2n) is 2.67. The van der Waals surface area contributed by atoms with E-state index >= 15 is 0 Å². The van der Waals surface area contributed by atoms with Crippen LogP contribution in [0, 0.1) is 6.92 Å². The summed E-state index contributed by atoms with van der Waals surface area (Å²) in [6.45, 7) is 1.93. The van der Waals surface area contributed by atoms with Crippen LogP contribution in [0.25, 0.3) is 5.95 Å². The fraction of sp³-hybridized carbons (Fsp3) is 0.125. The highest BCUT2D eigenvalue weighted by Gasteiger charge is 2.02. The van der Waals surface area contributed by atoms with E-state index in [-0.39, 0.29) is 0 Å². The van der Waals surface area contributed by atoms with Gasteiger partial charge < -0.3 is 5.73 Å². The zero-order valence-corrected chi connectivity index (χ0v) is 7.18. The van der Waals surface area contributed by atoms with Crippen LogP contribution in [0.3, 0.4) is 0 Å². The van der Waals surface area contributed by atoms with Crippen LogP contribution in [-0.4, -0.2) is 19.7 Å². The molecule has 0 bridgehead atoms. The van der Waals surface area contributed by atoms with Crippen LogP contribution in [0.4, 0.5) is 5.82 Å². The summed E-state index contributed by atoms with van der Waals surface area (Å²) in [7, 11) is 0. The maximum atomic E-state index is 5.52. The van der Waals surface area contributed by atoms with Crippen molar-refractivity contribution in [1.82, 2.24) is 19.7 Å². The predicted molar refractivity (Wildman–Crippen MR) is 48.3 cm³/mol. The van der Waals surface area contributed by atoms with E-state index in [1.165, 1.54) is 0 Å². The van der Waals surface area contributed by atoms with Crippen molar-refractivity contribution in [2.45, 2.75) is 6.92 Å². The molecular formula is C8H9N5. The van der Waals surface area contributed by atoms with Gasteiger partial charge in [-0.25, -0.2) is 9.67 Å². The number of hydrogen-bond donors (Lipinski definition) is 1. The normalized spacial score (nSPS) is 10.2. The predicted octanol–water partition coefficient (Wildman–Crippen LogP) is 0.553. The van der Waals surface area contributed by atoms with Gasteiger partial charge in [0.05, 0.1) is 0 Å². The van der Waals surface area contributed by atoms with Crippen LogP contribution in [0.1, 0.15) is 5.69 Å². The topological polar surface area (TPSA) is 69.6 Å². The lowest BCUT2D eigenvalue weighted by Gasteiger charge is -2.01. The number of aromatic nitrogens is 4. The highest BCUT2D eigenvalue weighted by atomic mass is 15.3. The molecule has 0 radical (unpaired) electrons. The summed E-state index contributed by atoms with van der Waals surface area (Å²) >= 11 is 0. The molecule has 2 aromatic rings. The largest absolute Gasteiger partial charge is 0.384 e. The van der Waals surface area contributed by atoms with E-state index in [4.69, 9.17) is 5.73 Å². The molecule has 0 aliphatic heterocycles. The van der Waals surface area contributed by atoms with Gasteiger partial charge >= 0.3 is 0 Å². The minimum absolute atomic E-state index is 0.444. The lowest BCUT2D eigenvalue weighted by Crippen LogP contribution is -2.05. The Morgan fingerprint density at radius 1 is 1.31 bits per heavy atom. The molecule has 2 N–H and O–H groups in total. The number of nitrogens with zero attached hydrogens (tertiary/aromatic N) is 4. The first-order chi connectivity index (χ1) is 6.27. The number of aryl methyl sites for hydroxylation is 1. The molecule has 0 unspecified atom stereocenters. The Labute approximate surface area is 75.2 Å². The second-order valence-corrected chi connectivity index (χ2v) is 2.67. The highest BCUT2D eigenvalue weighted by Crippen LogP contribution is 2.04. The maximum Gasteiger partial charge on any atom is 0.252 e. The quantitative estimate of drug-likeness (QED) is 0.687. The van der Waals surface area contributed by atoms with E-state index in [0.717, 1.165) is 5.69 Å². The van der Waals surface area contributed by atoms with Gasteiger partial charge in [0.25, 0.3) is 5.95 Å². The molecule has 13 heavy (non-hydrogen) atoms. The van der Waals surface area contributed by atoms with E-state index in [2.05, 4.69) is 15.1 Å². The standard InChI is InChI=1S/C8H9N5/c1-6-2-5-11-13(6)8-10-4-3-7(9)12-8/h2-5H,1H3,(H2,9,10,12). The number of rotatable bonds is 1. The van der Waals surface area contributed by atoms with Crippen LogP contribution in [0.2, 0.25) is 0 Å². The van der Waals surface area contributed by atoms with Gasteiger partial charge in [-0.15, -0.1) is 0 Å². The van der Waals surface area contributed by atoms with Crippen LogP contribution in [-0.2, 0) is 0 Å². The number of nitrogen functional groups attached to an aromatic ring is 1. The smallest absolute Gasteiger partial charge is 0.252 e. The third-order valence-corrected chi connectivity index (χ3v) is 1.69. The van der Waals surface area contributed by atoms with Crippen LogP contribution in [0.5, 0.6) is 0 Å². The van der Waals surface area contributed by atoms with Gasteiger partial charge in [-0.3, -0.25) is 0 Å². The zero-order chi connectivity index (χ0) is 9.26. The van der Waals surface area contributed by atoms with E-state index in [0.29, 0.717) is 11.8 Å². The summed E-state index contributed by atoms with van der Waals surface area (Å²) < 4.78 is 1.64. The molecule has 0 saturated carbocycles. The molecule has 5 heteroatoms. The average Bonchev–Trinajstić information content (AvgIpc) is 2.51. The summed E-state index contributed by atoms with van der Waals surface area (Å²) in [5.74, 6) is 0.947. The molecule has 0 spiro atoms. The van der Waals surface area contributed by atoms with Crippen molar-refractivity contribution >= 4 is 5.82 Å². The van der Waals surface area contributed by atoms with E-state index in [1.807, 2.05) is 13.0 Å². The molecule has 2 aromatic heterocycles. The van der Waals surface area contributed by atoms with Gasteiger partial charge in [-0.1, -0.05) is 0 Å². The summed E-state index contributed by atoms with van der Waals surface area (Å²) in [5, 5.41) is 4.06. The van der Waals surface area contributed by atoms with E-state index < -0.39 is 0 Å². The summed E-state index contributed by atoms with van der Waals surface area (Å²) in [5.41, 5.74) is 6.50. The Balaban J connectivity index is 2.53. The minimum atomic E-state index is 0.444. The van der Waals surface area contributed by atoms with E-state index in [9.17, 15) is 0 Å². The lowest BCUT2D eigenvalue weighted by molar-refractivity contribution is 0.785. The highest BCUT2D eigenvalue weighted by molar-refractivity contribution is 5.29. The van der Waals surface area contributed by atoms with Gasteiger partial charge in [0.2, 0.25) is 0 Å². The fourth-order valence-corrected chi connectivity index (χ4v) is 1.04. The Hall–Kier alpha value is -1.91.